The van der Waals surface area contributed by atoms with Gasteiger partial charge in [-0.25, -0.2) is 4.79 Å². The van der Waals surface area contributed by atoms with Gasteiger partial charge in [0.05, 0.1) is 18.7 Å². The lowest BCUT2D eigenvalue weighted by Gasteiger charge is -2.22. The van der Waals surface area contributed by atoms with E-state index in [-0.39, 0.29) is 12.6 Å². The SMILES string of the molecule is CC(C)(C)OC(=O)NC(CO)CC/C=C/C#N. The first-order valence-electron chi connectivity index (χ1n) is 5.54. The number of carbonyl (C=O) groups is 1. The van der Waals surface area contributed by atoms with Gasteiger partial charge < -0.3 is 15.2 Å². The summed E-state index contributed by atoms with van der Waals surface area (Å²) in [7, 11) is 0. The van der Waals surface area contributed by atoms with E-state index in [1.54, 1.807) is 26.8 Å². The van der Waals surface area contributed by atoms with Crippen LogP contribution in [-0.4, -0.2) is 29.4 Å². The van der Waals surface area contributed by atoms with Crippen molar-refractivity contribution < 1.29 is 14.6 Å². The number of carbonyl (C=O) groups excluding carboxylic acids is 1. The molecule has 0 bridgehead atoms. The molecule has 96 valence electrons. The van der Waals surface area contributed by atoms with Crippen LogP contribution in [0.25, 0.3) is 0 Å². The maximum absolute atomic E-state index is 11.4. The van der Waals surface area contributed by atoms with Crippen LogP contribution in [0.2, 0.25) is 0 Å². The Kier molecular flexibility index (Phi) is 6.99. The molecular weight excluding hydrogens is 220 g/mol. The number of allylic oxidation sites excluding steroid dienone is 2. The first-order valence-corrected chi connectivity index (χ1v) is 5.54. The normalized spacial score (nSPS) is 13.1. The van der Waals surface area contributed by atoms with E-state index in [9.17, 15) is 4.79 Å². The van der Waals surface area contributed by atoms with Gasteiger partial charge in [-0.1, -0.05) is 6.08 Å². The molecule has 0 saturated carbocycles. The zero-order chi connectivity index (χ0) is 13.3. The molecule has 0 aliphatic heterocycles. The van der Waals surface area contributed by atoms with E-state index in [1.807, 2.05) is 6.07 Å². The predicted octanol–water partition coefficient (Wildman–Crippen LogP) is 1.73. The number of nitrogens with one attached hydrogen (secondary N) is 1. The number of aliphatic hydroxyl groups excluding tert-OH is 1. The third-order valence-electron chi connectivity index (χ3n) is 1.82. The number of alkyl carbamates (subject to hydrolysis) is 1. The zero-order valence-electron chi connectivity index (χ0n) is 10.6. The van der Waals surface area contributed by atoms with E-state index in [2.05, 4.69) is 5.32 Å². The molecular formula is C12H20N2O3. The van der Waals surface area contributed by atoms with Gasteiger partial charge in [0.1, 0.15) is 5.60 Å². The van der Waals surface area contributed by atoms with E-state index >= 15 is 0 Å². The number of amides is 1. The van der Waals surface area contributed by atoms with Crippen molar-refractivity contribution in [2.45, 2.75) is 45.3 Å². The Bertz CT molecular complexity index is 300. The van der Waals surface area contributed by atoms with Gasteiger partial charge in [0.2, 0.25) is 0 Å². The average Bonchev–Trinajstić information content (AvgIpc) is 2.20. The Morgan fingerprint density at radius 3 is 2.71 bits per heavy atom. The minimum absolute atomic E-state index is 0.153. The van der Waals surface area contributed by atoms with Crippen LogP contribution in [-0.2, 0) is 4.74 Å². The van der Waals surface area contributed by atoms with Crippen LogP contribution in [0.5, 0.6) is 0 Å². The fourth-order valence-electron chi connectivity index (χ4n) is 1.12. The quantitative estimate of drug-likeness (QED) is 0.717. The largest absolute Gasteiger partial charge is 0.444 e. The molecule has 1 amide bonds. The number of nitriles is 1. The number of aliphatic hydroxyl groups is 1. The fourth-order valence-corrected chi connectivity index (χ4v) is 1.12. The van der Waals surface area contributed by atoms with E-state index in [4.69, 9.17) is 15.1 Å². The maximum Gasteiger partial charge on any atom is 0.407 e. The van der Waals surface area contributed by atoms with Crippen molar-refractivity contribution in [3.63, 3.8) is 0 Å². The standard InChI is InChI=1S/C12H20N2O3/c1-12(2,3)17-11(16)14-10(9-15)7-5-4-6-8-13/h4,6,10,15H,5,7,9H2,1-3H3,(H,14,16)/b6-4+. The molecule has 0 aliphatic carbocycles. The Morgan fingerprint density at radius 2 is 2.24 bits per heavy atom. The van der Waals surface area contributed by atoms with Crippen LogP contribution < -0.4 is 5.32 Å². The van der Waals surface area contributed by atoms with Crippen LogP contribution in [0.1, 0.15) is 33.6 Å². The Hall–Kier alpha value is -1.54. The second-order valence-electron chi connectivity index (χ2n) is 4.63. The van der Waals surface area contributed by atoms with Crippen molar-refractivity contribution in [1.29, 1.82) is 5.26 Å². The summed E-state index contributed by atoms with van der Waals surface area (Å²) < 4.78 is 5.07. The summed E-state index contributed by atoms with van der Waals surface area (Å²) in [6, 6.07) is 1.52. The molecule has 17 heavy (non-hydrogen) atoms. The van der Waals surface area contributed by atoms with Crippen molar-refractivity contribution >= 4 is 6.09 Å². The summed E-state index contributed by atoms with van der Waals surface area (Å²) in [4.78, 5) is 11.4. The molecule has 5 heteroatoms. The fraction of sp³-hybridized carbons (Fsp3) is 0.667. The lowest BCUT2D eigenvalue weighted by Crippen LogP contribution is -2.40. The van der Waals surface area contributed by atoms with Crippen molar-refractivity contribution in [1.82, 2.24) is 5.32 Å². The molecule has 5 nitrogen and oxygen atoms in total. The number of hydrogen-bond acceptors (Lipinski definition) is 4. The van der Waals surface area contributed by atoms with Crippen LogP contribution in [0.4, 0.5) is 4.79 Å². The minimum atomic E-state index is -0.551. The van der Waals surface area contributed by atoms with Crippen molar-refractivity contribution in [3.05, 3.63) is 12.2 Å². The van der Waals surface area contributed by atoms with Gasteiger partial charge in [0.15, 0.2) is 0 Å². The molecule has 1 unspecified atom stereocenters. The van der Waals surface area contributed by atoms with E-state index < -0.39 is 11.7 Å². The average molecular weight is 240 g/mol. The maximum atomic E-state index is 11.4. The molecule has 0 rings (SSSR count). The molecule has 1 atom stereocenters. The van der Waals surface area contributed by atoms with Crippen molar-refractivity contribution in [2.75, 3.05) is 6.61 Å². The van der Waals surface area contributed by atoms with Gasteiger partial charge in [-0.05, 0) is 33.6 Å². The van der Waals surface area contributed by atoms with Gasteiger partial charge in [-0.2, -0.15) is 5.26 Å². The monoisotopic (exact) mass is 240 g/mol. The number of ether oxygens (including phenoxy) is 1. The first kappa shape index (κ1) is 15.5. The lowest BCUT2D eigenvalue weighted by atomic mass is 10.1. The van der Waals surface area contributed by atoms with Gasteiger partial charge in [-0.3, -0.25) is 0 Å². The highest BCUT2D eigenvalue weighted by Crippen LogP contribution is 2.07. The van der Waals surface area contributed by atoms with Crippen LogP contribution in [0.3, 0.4) is 0 Å². The highest BCUT2D eigenvalue weighted by Gasteiger charge is 2.18. The van der Waals surface area contributed by atoms with Crippen LogP contribution in [0.15, 0.2) is 12.2 Å². The first-order chi connectivity index (χ1) is 7.89. The van der Waals surface area contributed by atoms with Crippen LogP contribution in [0, 0.1) is 11.3 Å². The van der Waals surface area contributed by atoms with Crippen molar-refractivity contribution in [3.8, 4) is 6.07 Å². The van der Waals surface area contributed by atoms with Gasteiger partial charge >= 0.3 is 6.09 Å². The minimum Gasteiger partial charge on any atom is -0.444 e. The van der Waals surface area contributed by atoms with Crippen molar-refractivity contribution in [2.24, 2.45) is 0 Å². The number of hydrogen-bond donors (Lipinski definition) is 2. The number of rotatable bonds is 5. The second kappa shape index (κ2) is 7.69. The lowest BCUT2D eigenvalue weighted by molar-refractivity contribution is 0.0479. The van der Waals surface area contributed by atoms with Crippen LogP contribution >= 0.6 is 0 Å². The summed E-state index contributed by atoms with van der Waals surface area (Å²) in [6.07, 6.45) is 3.71. The molecule has 0 aromatic rings. The molecule has 2 N–H and O–H groups in total. The molecule has 0 radical (unpaired) electrons. The highest BCUT2D eigenvalue weighted by molar-refractivity contribution is 5.68. The van der Waals surface area contributed by atoms with E-state index in [0.717, 1.165) is 0 Å². The van der Waals surface area contributed by atoms with Gasteiger partial charge in [0, 0.05) is 6.08 Å². The Labute approximate surface area is 102 Å². The summed E-state index contributed by atoms with van der Waals surface area (Å²) in [5.74, 6) is 0. The zero-order valence-corrected chi connectivity index (χ0v) is 10.6. The van der Waals surface area contributed by atoms with Gasteiger partial charge in [-0.15, -0.1) is 0 Å². The van der Waals surface area contributed by atoms with E-state index in [1.165, 1.54) is 6.08 Å². The number of nitrogens with zero attached hydrogens (tertiary/aromatic N) is 1. The Balaban J connectivity index is 4.01. The molecule has 0 aliphatic rings. The van der Waals surface area contributed by atoms with E-state index in [0.29, 0.717) is 12.8 Å². The summed E-state index contributed by atoms with van der Waals surface area (Å²) >= 11 is 0. The molecule has 0 saturated heterocycles. The second-order valence-corrected chi connectivity index (χ2v) is 4.63. The Morgan fingerprint density at radius 1 is 1.59 bits per heavy atom. The predicted molar refractivity (Wildman–Crippen MR) is 64.2 cm³/mol. The molecule has 0 aromatic carbocycles. The topological polar surface area (TPSA) is 82.3 Å². The summed E-state index contributed by atoms with van der Waals surface area (Å²) in [5, 5.41) is 19.9. The summed E-state index contributed by atoms with van der Waals surface area (Å²) in [5.41, 5.74) is -0.551. The molecule has 0 fully saturated rings. The third kappa shape index (κ3) is 9.39. The smallest absolute Gasteiger partial charge is 0.407 e. The molecule has 0 spiro atoms. The molecule has 0 aromatic heterocycles. The molecule has 0 heterocycles. The van der Waals surface area contributed by atoms with Gasteiger partial charge in [0.25, 0.3) is 0 Å². The third-order valence-corrected chi connectivity index (χ3v) is 1.82. The highest BCUT2D eigenvalue weighted by atomic mass is 16.6. The summed E-state index contributed by atoms with van der Waals surface area (Å²) in [6.45, 7) is 5.17.